The molecular weight excluding hydrogens is 100 g/mol. The molecule has 0 bridgehead atoms. The van der Waals surface area contributed by atoms with E-state index in [-0.39, 0.29) is 0 Å². The van der Waals surface area contributed by atoms with E-state index in [4.69, 9.17) is 5.11 Å². The van der Waals surface area contributed by atoms with Gasteiger partial charge in [0, 0.05) is 6.42 Å². The van der Waals surface area contributed by atoms with Crippen LogP contribution in [0.25, 0.3) is 0 Å². The lowest BCUT2D eigenvalue weighted by Gasteiger charge is -2.04. The molecule has 0 unspecified atom stereocenters. The van der Waals surface area contributed by atoms with E-state index in [0.29, 0.717) is 12.5 Å². The molecule has 8 heavy (non-hydrogen) atoms. The first-order valence-corrected chi connectivity index (χ1v) is 2.68. The first-order valence-electron chi connectivity index (χ1n) is 2.68. The minimum absolute atomic E-state index is 0.454. The molecule has 43 valence electrons. The summed E-state index contributed by atoms with van der Waals surface area (Å²) in [6.07, 6.45) is 6.78. The number of aliphatic hydroxyl groups is 1. The van der Waals surface area contributed by atoms with Gasteiger partial charge in [0.1, 0.15) is 6.10 Å². The Bertz CT molecular complexity index is 133. The van der Waals surface area contributed by atoms with Crippen LogP contribution in [0.4, 0.5) is 0 Å². The zero-order valence-corrected chi connectivity index (χ0v) is 4.89. The summed E-state index contributed by atoms with van der Waals surface area (Å²) < 4.78 is 0. The van der Waals surface area contributed by atoms with Crippen LogP contribution in [0.1, 0.15) is 13.3 Å². The molecule has 0 atom stereocenters. The second-order valence-corrected chi connectivity index (χ2v) is 1.98. The van der Waals surface area contributed by atoms with Crippen LogP contribution in [0.3, 0.4) is 0 Å². The minimum Gasteiger partial charge on any atom is -0.382 e. The standard InChI is InChI=1S/C7H9O/c1-6-2-4-7(8)5-3-6/h2-4,8H,5H2,1H3. The average molecular weight is 109 g/mol. The van der Waals surface area contributed by atoms with E-state index in [2.05, 4.69) is 0 Å². The Kier molecular flexibility index (Phi) is 1.49. The van der Waals surface area contributed by atoms with Gasteiger partial charge in [-0.2, -0.15) is 0 Å². The smallest absolute Gasteiger partial charge is 0.119 e. The van der Waals surface area contributed by atoms with Crippen molar-refractivity contribution in [1.29, 1.82) is 0 Å². The summed E-state index contributed by atoms with van der Waals surface area (Å²) in [7, 11) is 0. The first-order chi connectivity index (χ1) is 3.79. The Morgan fingerprint density at radius 3 is 2.62 bits per heavy atom. The van der Waals surface area contributed by atoms with Crippen LogP contribution in [0.5, 0.6) is 0 Å². The molecule has 0 aromatic heterocycles. The van der Waals surface area contributed by atoms with Gasteiger partial charge in [-0.3, -0.25) is 0 Å². The highest BCUT2D eigenvalue weighted by Crippen LogP contribution is 2.13. The third-order valence-electron chi connectivity index (χ3n) is 1.17. The SMILES string of the molecule is CC1=CC[C](O)C=C1. The van der Waals surface area contributed by atoms with Gasteiger partial charge in [0.05, 0.1) is 0 Å². The average Bonchev–Trinajstić information content (AvgIpc) is 1.77. The maximum atomic E-state index is 8.81. The Balaban J connectivity index is 2.58. The van der Waals surface area contributed by atoms with E-state index < -0.39 is 0 Å². The predicted octanol–water partition coefficient (Wildman–Crippen LogP) is 1.80. The summed E-state index contributed by atoms with van der Waals surface area (Å²) >= 11 is 0. The maximum Gasteiger partial charge on any atom is 0.119 e. The molecule has 0 aromatic carbocycles. The van der Waals surface area contributed by atoms with Crippen molar-refractivity contribution in [3.8, 4) is 0 Å². The van der Waals surface area contributed by atoms with Gasteiger partial charge < -0.3 is 5.11 Å². The predicted molar refractivity (Wildman–Crippen MR) is 32.7 cm³/mol. The van der Waals surface area contributed by atoms with Crippen LogP contribution in [-0.2, 0) is 0 Å². The maximum absolute atomic E-state index is 8.81. The molecule has 0 spiro atoms. The molecule has 0 heterocycles. The van der Waals surface area contributed by atoms with E-state index in [9.17, 15) is 0 Å². The molecule has 1 N–H and O–H groups in total. The van der Waals surface area contributed by atoms with Crippen LogP contribution < -0.4 is 0 Å². The number of hydrogen-bond donors (Lipinski definition) is 1. The summed E-state index contributed by atoms with van der Waals surface area (Å²) in [5.74, 6) is 0. The van der Waals surface area contributed by atoms with Crippen molar-refractivity contribution in [2.75, 3.05) is 0 Å². The molecule has 1 aliphatic rings. The van der Waals surface area contributed by atoms with Crippen LogP contribution in [0.15, 0.2) is 23.8 Å². The molecule has 1 radical (unpaired) electrons. The molecule has 1 nitrogen and oxygen atoms in total. The summed E-state index contributed by atoms with van der Waals surface area (Å²) in [5, 5.41) is 8.81. The number of rotatable bonds is 0. The third-order valence-corrected chi connectivity index (χ3v) is 1.17. The Morgan fingerprint density at radius 2 is 2.25 bits per heavy atom. The number of hydrogen-bond acceptors (Lipinski definition) is 1. The van der Waals surface area contributed by atoms with Gasteiger partial charge in [-0.25, -0.2) is 0 Å². The lowest BCUT2D eigenvalue weighted by molar-refractivity contribution is 0.331. The van der Waals surface area contributed by atoms with Crippen LogP contribution in [-0.4, -0.2) is 5.11 Å². The number of aliphatic hydroxyl groups excluding tert-OH is 1. The van der Waals surface area contributed by atoms with Gasteiger partial charge in [-0.1, -0.05) is 17.7 Å². The topological polar surface area (TPSA) is 20.2 Å². The van der Waals surface area contributed by atoms with Crippen LogP contribution in [0.2, 0.25) is 0 Å². The zero-order valence-electron chi connectivity index (χ0n) is 4.89. The summed E-state index contributed by atoms with van der Waals surface area (Å²) in [5.41, 5.74) is 1.22. The normalized spacial score (nSPS) is 21.0. The quantitative estimate of drug-likeness (QED) is 0.503. The second kappa shape index (κ2) is 2.14. The Morgan fingerprint density at radius 1 is 1.50 bits per heavy atom. The van der Waals surface area contributed by atoms with E-state index in [1.54, 1.807) is 6.08 Å². The van der Waals surface area contributed by atoms with E-state index in [0.717, 1.165) is 0 Å². The van der Waals surface area contributed by atoms with Gasteiger partial charge >= 0.3 is 0 Å². The Labute approximate surface area is 49.3 Å². The molecule has 0 saturated heterocycles. The molecule has 1 heteroatoms. The van der Waals surface area contributed by atoms with E-state index >= 15 is 0 Å². The van der Waals surface area contributed by atoms with Crippen molar-refractivity contribution in [2.45, 2.75) is 13.3 Å². The minimum atomic E-state index is 0.454. The van der Waals surface area contributed by atoms with E-state index in [1.165, 1.54) is 5.57 Å². The highest BCUT2D eigenvalue weighted by Gasteiger charge is 2.00. The third kappa shape index (κ3) is 1.20. The molecule has 0 aliphatic heterocycles. The fourth-order valence-electron chi connectivity index (χ4n) is 0.629. The fraction of sp³-hybridized carbons (Fsp3) is 0.286. The van der Waals surface area contributed by atoms with Crippen molar-refractivity contribution in [3.63, 3.8) is 0 Å². The van der Waals surface area contributed by atoms with Gasteiger partial charge in [-0.15, -0.1) is 0 Å². The molecular formula is C7H9O. The van der Waals surface area contributed by atoms with Crippen molar-refractivity contribution in [2.24, 2.45) is 0 Å². The summed E-state index contributed by atoms with van der Waals surface area (Å²) in [4.78, 5) is 0. The van der Waals surface area contributed by atoms with Gasteiger partial charge in [0.15, 0.2) is 0 Å². The molecule has 1 rings (SSSR count). The van der Waals surface area contributed by atoms with E-state index in [1.807, 2.05) is 19.1 Å². The molecule has 0 saturated carbocycles. The zero-order chi connectivity index (χ0) is 5.98. The van der Waals surface area contributed by atoms with Crippen molar-refractivity contribution in [1.82, 2.24) is 0 Å². The van der Waals surface area contributed by atoms with Crippen molar-refractivity contribution >= 4 is 0 Å². The van der Waals surface area contributed by atoms with Gasteiger partial charge in [0.2, 0.25) is 0 Å². The molecule has 0 amide bonds. The number of allylic oxidation sites excluding steroid dienone is 2. The highest BCUT2D eigenvalue weighted by molar-refractivity contribution is 5.26. The lowest BCUT2D eigenvalue weighted by Crippen LogP contribution is -1.92. The summed E-state index contributed by atoms with van der Waals surface area (Å²) in [6.45, 7) is 2.02. The fourth-order valence-corrected chi connectivity index (χ4v) is 0.629. The molecule has 1 aliphatic carbocycles. The van der Waals surface area contributed by atoms with Gasteiger partial charge in [0.25, 0.3) is 0 Å². The molecule has 0 aromatic rings. The molecule has 0 fully saturated rings. The monoisotopic (exact) mass is 109 g/mol. The second-order valence-electron chi connectivity index (χ2n) is 1.98. The lowest BCUT2D eigenvalue weighted by atomic mass is 10.1. The summed E-state index contributed by atoms with van der Waals surface area (Å²) in [6, 6.07) is 0. The first kappa shape index (κ1) is 5.57. The Hall–Kier alpha value is -0.560. The van der Waals surface area contributed by atoms with Crippen LogP contribution >= 0.6 is 0 Å². The van der Waals surface area contributed by atoms with Crippen LogP contribution in [0, 0.1) is 6.10 Å². The highest BCUT2D eigenvalue weighted by atomic mass is 16.3. The van der Waals surface area contributed by atoms with Crippen molar-refractivity contribution < 1.29 is 5.11 Å². The van der Waals surface area contributed by atoms with Gasteiger partial charge in [-0.05, 0) is 13.0 Å². The van der Waals surface area contributed by atoms with Crippen molar-refractivity contribution in [3.05, 3.63) is 29.9 Å². The largest absolute Gasteiger partial charge is 0.382 e.